The van der Waals surface area contributed by atoms with Crippen molar-refractivity contribution in [3.63, 3.8) is 0 Å². The van der Waals surface area contributed by atoms with Gasteiger partial charge in [-0.1, -0.05) is 32.6 Å². The number of carbonyl (C=O) groups excluding carboxylic acids is 2. The van der Waals surface area contributed by atoms with Crippen LogP contribution in [0.2, 0.25) is 0 Å². The van der Waals surface area contributed by atoms with Crippen molar-refractivity contribution >= 4 is 12.1 Å². The van der Waals surface area contributed by atoms with Crippen molar-refractivity contribution in [1.29, 1.82) is 0 Å². The van der Waals surface area contributed by atoms with E-state index in [1.807, 2.05) is 0 Å². The fraction of sp³-hybridized carbons (Fsp3) is 0.900. The van der Waals surface area contributed by atoms with Gasteiger partial charge in [0.1, 0.15) is 11.7 Å². The molecule has 0 rings (SSSR count). The molecule has 2 atom stereocenters. The van der Waals surface area contributed by atoms with Crippen LogP contribution in [0.1, 0.15) is 79.6 Å². The number of hydrogen-bond acceptors (Lipinski definition) is 6. The lowest BCUT2D eigenvalue weighted by atomic mass is 10.1. The monoisotopic (exact) mass is 389 g/mol. The first-order valence-corrected chi connectivity index (χ1v) is 10.0. The van der Waals surface area contributed by atoms with Gasteiger partial charge in [0.25, 0.3) is 0 Å². The van der Waals surface area contributed by atoms with Crippen LogP contribution in [0.4, 0.5) is 4.79 Å². The fourth-order valence-electron chi connectivity index (χ4n) is 2.53. The number of unbranched alkanes of at least 4 members (excludes halogenated alkanes) is 4. The summed E-state index contributed by atoms with van der Waals surface area (Å²) in [5.74, 6) is -0.284. The Balaban J connectivity index is 4.12. The van der Waals surface area contributed by atoms with E-state index in [2.05, 4.69) is 12.2 Å². The Kier molecular flexibility index (Phi) is 14.0. The van der Waals surface area contributed by atoms with Gasteiger partial charge in [-0.05, 0) is 33.6 Å². The van der Waals surface area contributed by atoms with Crippen molar-refractivity contribution < 1.29 is 28.9 Å². The highest BCUT2D eigenvalue weighted by Crippen LogP contribution is 2.13. The summed E-state index contributed by atoms with van der Waals surface area (Å²) >= 11 is 0. The third-order valence-corrected chi connectivity index (χ3v) is 3.81. The molecule has 2 N–H and O–H groups in total. The number of hydrogen-bond donors (Lipinski definition) is 2. The smallest absolute Gasteiger partial charge is 0.408 e. The van der Waals surface area contributed by atoms with E-state index in [0.29, 0.717) is 13.0 Å². The molecule has 0 heterocycles. The average Bonchev–Trinajstić information content (AvgIpc) is 2.54. The molecule has 0 unspecified atom stereocenters. The van der Waals surface area contributed by atoms with Crippen LogP contribution in [0.3, 0.4) is 0 Å². The molecule has 0 aliphatic rings. The minimum Gasteiger partial charge on any atom is -0.462 e. The van der Waals surface area contributed by atoms with E-state index in [4.69, 9.17) is 14.2 Å². The summed E-state index contributed by atoms with van der Waals surface area (Å²) in [5.41, 5.74) is -0.598. The number of ether oxygens (including phenoxy) is 3. The third-order valence-electron chi connectivity index (χ3n) is 3.81. The molecule has 7 nitrogen and oxygen atoms in total. The van der Waals surface area contributed by atoms with E-state index >= 15 is 0 Å². The number of aliphatic hydroxyl groups excluding tert-OH is 1. The van der Waals surface area contributed by atoms with Crippen LogP contribution >= 0.6 is 0 Å². The molecule has 160 valence electrons. The highest BCUT2D eigenvalue weighted by molar-refractivity contribution is 5.68. The second-order valence-electron chi connectivity index (χ2n) is 7.82. The second kappa shape index (κ2) is 14.7. The first-order valence-electron chi connectivity index (χ1n) is 10.0. The Hall–Kier alpha value is -1.34. The van der Waals surface area contributed by atoms with Gasteiger partial charge in [0, 0.05) is 13.3 Å². The molecule has 7 heteroatoms. The topological polar surface area (TPSA) is 94.1 Å². The molecule has 0 spiro atoms. The Morgan fingerprint density at radius 3 is 2.30 bits per heavy atom. The maximum Gasteiger partial charge on any atom is 0.408 e. The number of nitrogens with one attached hydrogen (secondary N) is 1. The SMILES string of the molecule is CCCCCCC[C@H](CCOC[C@H](CO)NC(=O)OC(C)(C)C)OC(C)=O. The number of rotatable bonds is 14. The summed E-state index contributed by atoms with van der Waals surface area (Å²) in [5, 5.41) is 11.9. The minimum atomic E-state index is -0.598. The van der Waals surface area contributed by atoms with Crippen molar-refractivity contribution in [2.75, 3.05) is 19.8 Å². The Morgan fingerprint density at radius 2 is 1.74 bits per heavy atom. The predicted octanol–water partition coefficient (Wildman–Crippen LogP) is 3.57. The van der Waals surface area contributed by atoms with E-state index in [-0.39, 0.29) is 25.3 Å². The van der Waals surface area contributed by atoms with Crippen LogP contribution in [0, 0.1) is 0 Å². The van der Waals surface area contributed by atoms with E-state index in [0.717, 1.165) is 19.3 Å². The van der Waals surface area contributed by atoms with Crippen LogP contribution in [0.25, 0.3) is 0 Å². The zero-order valence-corrected chi connectivity index (χ0v) is 17.7. The molecule has 1 amide bonds. The maximum absolute atomic E-state index is 11.7. The molecular weight excluding hydrogens is 350 g/mol. The summed E-state index contributed by atoms with van der Waals surface area (Å²) in [6.45, 7) is 9.22. The standard InChI is InChI=1S/C20H39NO6/c1-6-7-8-9-10-11-18(26-16(2)23)12-13-25-15-17(14-22)21-19(24)27-20(3,4)5/h17-18,22H,6-15H2,1-5H3,(H,21,24)/t17-,18+/m0/s1. The van der Waals surface area contributed by atoms with Crippen LogP contribution in [0.5, 0.6) is 0 Å². The molecule has 0 aliphatic carbocycles. The van der Waals surface area contributed by atoms with Gasteiger partial charge in [0.05, 0.1) is 25.9 Å². The van der Waals surface area contributed by atoms with Crippen molar-refractivity contribution in [3.8, 4) is 0 Å². The van der Waals surface area contributed by atoms with Crippen LogP contribution < -0.4 is 5.32 Å². The van der Waals surface area contributed by atoms with Gasteiger partial charge in [-0.15, -0.1) is 0 Å². The van der Waals surface area contributed by atoms with Gasteiger partial charge >= 0.3 is 12.1 Å². The second-order valence-corrected chi connectivity index (χ2v) is 7.82. The lowest BCUT2D eigenvalue weighted by molar-refractivity contribution is -0.147. The van der Waals surface area contributed by atoms with Crippen LogP contribution in [-0.4, -0.2) is 54.7 Å². The van der Waals surface area contributed by atoms with E-state index in [1.54, 1.807) is 20.8 Å². The number of esters is 1. The van der Waals surface area contributed by atoms with Crippen molar-refractivity contribution in [2.24, 2.45) is 0 Å². The van der Waals surface area contributed by atoms with Crippen molar-refractivity contribution in [3.05, 3.63) is 0 Å². The Labute approximate surface area is 164 Å². The third kappa shape index (κ3) is 16.6. The molecule has 0 fully saturated rings. The zero-order chi connectivity index (χ0) is 20.7. The Morgan fingerprint density at radius 1 is 1.07 bits per heavy atom. The summed E-state index contributed by atoms with van der Waals surface area (Å²) in [6, 6.07) is -0.541. The lowest BCUT2D eigenvalue weighted by Crippen LogP contribution is -2.43. The number of aliphatic hydroxyl groups is 1. The molecular formula is C20H39NO6. The van der Waals surface area contributed by atoms with Crippen LogP contribution in [-0.2, 0) is 19.0 Å². The number of amides is 1. The highest BCUT2D eigenvalue weighted by atomic mass is 16.6. The predicted molar refractivity (Wildman–Crippen MR) is 105 cm³/mol. The quantitative estimate of drug-likeness (QED) is 0.348. The maximum atomic E-state index is 11.7. The van der Waals surface area contributed by atoms with Gasteiger partial charge < -0.3 is 24.6 Å². The first kappa shape index (κ1) is 25.7. The average molecular weight is 390 g/mol. The van der Waals surface area contributed by atoms with Gasteiger partial charge in [-0.2, -0.15) is 0 Å². The molecule has 0 saturated heterocycles. The number of alkyl carbamates (subject to hydrolysis) is 1. The van der Waals surface area contributed by atoms with Gasteiger partial charge in [0.15, 0.2) is 0 Å². The summed E-state index contributed by atoms with van der Waals surface area (Å²) in [6.07, 6.45) is 6.47. The van der Waals surface area contributed by atoms with E-state index < -0.39 is 17.7 Å². The molecule has 0 aromatic rings. The normalized spacial score (nSPS) is 13.7. The summed E-state index contributed by atoms with van der Waals surface area (Å²) < 4.78 is 16.1. The zero-order valence-electron chi connectivity index (χ0n) is 17.7. The van der Waals surface area contributed by atoms with E-state index in [1.165, 1.54) is 26.2 Å². The highest BCUT2D eigenvalue weighted by Gasteiger charge is 2.19. The van der Waals surface area contributed by atoms with Crippen LogP contribution in [0.15, 0.2) is 0 Å². The lowest BCUT2D eigenvalue weighted by Gasteiger charge is -2.23. The van der Waals surface area contributed by atoms with Gasteiger partial charge in [-0.3, -0.25) is 4.79 Å². The molecule has 0 bridgehead atoms. The molecule has 0 aromatic carbocycles. The summed E-state index contributed by atoms with van der Waals surface area (Å²) in [4.78, 5) is 23.0. The Bertz CT molecular complexity index is 408. The molecule has 0 aromatic heterocycles. The first-order chi connectivity index (χ1) is 12.7. The molecule has 0 aliphatic heterocycles. The van der Waals surface area contributed by atoms with Gasteiger partial charge in [-0.25, -0.2) is 4.79 Å². The van der Waals surface area contributed by atoms with Crippen molar-refractivity contribution in [2.45, 2.75) is 97.3 Å². The largest absolute Gasteiger partial charge is 0.462 e. The number of carbonyl (C=O) groups is 2. The van der Waals surface area contributed by atoms with Gasteiger partial charge in [0.2, 0.25) is 0 Å². The fourth-order valence-corrected chi connectivity index (χ4v) is 2.53. The minimum absolute atomic E-state index is 0.157. The summed E-state index contributed by atoms with van der Waals surface area (Å²) in [7, 11) is 0. The molecule has 27 heavy (non-hydrogen) atoms. The van der Waals surface area contributed by atoms with Crippen molar-refractivity contribution in [1.82, 2.24) is 5.32 Å². The molecule has 0 radical (unpaired) electrons. The van der Waals surface area contributed by atoms with E-state index in [9.17, 15) is 14.7 Å². The molecule has 0 saturated carbocycles.